The standard InChI is InChI=1S/C13H20N2O2/c1-7-8(2)17-9(3)12(7)13(16)15-11-6-4-5-10(11)14/h10-11H,4-6,14H2,1-3H3,(H,15,16). The molecule has 4 heteroatoms. The molecule has 0 aliphatic heterocycles. The third kappa shape index (κ3) is 2.22. The molecule has 2 atom stereocenters. The Bertz CT molecular complexity index is 437. The Balaban J connectivity index is 2.14. The van der Waals surface area contributed by atoms with Gasteiger partial charge in [-0.05, 0) is 40.0 Å². The maximum absolute atomic E-state index is 12.2. The topological polar surface area (TPSA) is 68.3 Å². The first-order valence-corrected chi connectivity index (χ1v) is 6.13. The fourth-order valence-corrected chi connectivity index (χ4v) is 2.54. The van der Waals surface area contributed by atoms with Gasteiger partial charge in [-0.2, -0.15) is 0 Å². The van der Waals surface area contributed by atoms with E-state index in [0.29, 0.717) is 11.3 Å². The van der Waals surface area contributed by atoms with Crippen LogP contribution < -0.4 is 11.1 Å². The van der Waals surface area contributed by atoms with Gasteiger partial charge < -0.3 is 15.5 Å². The van der Waals surface area contributed by atoms with Crippen molar-refractivity contribution in [3.05, 3.63) is 22.6 Å². The number of aryl methyl sites for hydroxylation is 2. The zero-order valence-corrected chi connectivity index (χ0v) is 10.7. The van der Waals surface area contributed by atoms with Crippen molar-refractivity contribution in [1.82, 2.24) is 5.32 Å². The maximum atomic E-state index is 12.2. The van der Waals surface area contributed by atoms with Crippen LogP contribution in [0.25, 0.3) is 0 Å². The van der Waals surface area contributed by atoms with Gasteiger partial charge >= 0.3 is 0 Å². The highest BCUT2D eigenvalue weighted by Gasteiger charge is 2.27. The highest BCUT2D eigenvalue weighted by Crippen LogP contribution is 2.22. The van der Waals surface area contributed by atoms with E-state index in [2.05, 4.69) is 5.32 Å². The van der Waals surface area contributed by atoms with Gasteiger partial charge in [0.15, 0.2) is 0 Å². The number of furan rings is 1. The number of hydrogen-bond donors (Lipinski definition) is 2. The molecule has 0 spiro atoms. The summed E-state index contributed by atoms with van der Waals surface area (Å²) in [5, 5.41) is 3.02. The summed E-state index contributed by atoms with van der Waals surface area (Å²) in [6.07, 6.45) is 3.06. The van der Waals surface area contributed by atoms with Crippen LogP contribution in [0.4, 0.5) is 0 Å². The molecular weight excluding hydrogens is 216 g/mol. The number of amides is 1. The molecule has 1 aliphatic rings. The van der Waals surface area contributed by atoms with E-state index >= 15 is 0 Å². The van der Waals surface area contributed by atoms with Gasteiger partial charge in [0.2, 0.25) is 0 Å². The molecule has 1 aromatic heterocycles. The summed E-state index contributed by atoms with van der Waals surface area (Å²) in [5.74, 6) is 1.44. The second-order valence-electron chi connectivity index (χ2n) is 4.89. The zero-order chi connectivity index (χ0) is 12.6. The van der Waals surface area contributed by atoms with Crippen molar-refractivity contribution in [1.29, 1.82) is 0 Å². The van der Waals surface area contributed by atoms with Crippen LogP contribution in [0, 0.1) is 20.8 Å². The van der Waals surface area contributed by atoms with Crippen molar-refractivity contribution in [2.45, 2.75) is 52.1 Å². The lowest BCUT2D eigenvalue weighted by Gasteiger charge is -2.17. The van der Waals surface area contributed by atoms with E-state index in [1.165, 1.54) is 0 Å². The molecule has 1 aliphatic carbocycles. The molecule has 0 radical (unpaired) electrons. The zero-order valence-electron chi connectivity index (χ0n) is 10.7. The minimum atomic E-state index is -0.0563. The smallest absolute Gasteiger partial charge is 0.255 e. The molecule has 1 aromatic rings. The molecule has 1 heterocycles. The van der Waals surface area contributed by atoms with Crippen LogP contribution in [0.1, 0.15) is 46.7 Å². The minimum Gasteiger partial charge on any atom is -0.466 e. The van der Waals surface area contributed by atoms with Crippen LogP contribution >= 0.6 is 0 Å². The van der Waals surface area contributed by atoms with Gasteiger partial charge in [-0.3, -0.25) is 4.79 Å². The fourth-order valence-electron chi connectivity index (χ4n) is 2.54. The predicted octanol–water partition coefficient (Wildman–Crippen LogP) is 1.81. The summed E-state index contributed by atoms with van der Waals surface area (Å²) in [6, 6.07) is 0.198. The number of nitrogens with one attached hydrogen (secondary N) is 1. The Kier molecular flexibility index (Phi) is 3.24. The lowest BCUT2D eigenvalue weighted by molar-refractivity contribution is 0.0932. The minimum absolute atomic E-state index is 0.0563. The first kappa shape index (κ1) is 12.2. The molecular formula is C13H20N2O2. The van der Waals surface area contributed by atoms with Crippen LogP contribution in [-0.4, -0.2) is 18.0 Å². The van der Waals surface area contributed by atoms with Crippen LogP contribution in [-0.2, 0) is 0 Å². The summed E-state index contributed by atoms with van der Waals surface area (Å²) < 4.78 is 5.47. The number of nitrogens with two attached hydrogens (primary N) is 1. The molecule has 17 heavy (non-hydrogen) atoms. The summed E-state index contributed by atoms with van der Waals surface area (Å²) in [4.78, 5) is 12.2. The average Bonchev–Trinajstić information content (AvgIpc) is 2.74. The highest BCUT2D eigenvalue weighted by atomic mass is 16.3. The lowest BCUT2D eigenvalue weighted by Crippen LogP contribution is -2.44. The molecule has 94 valence electrons. The van der Waals surface area contributed by atoms with Gasteiger partial charge in [-0.25, -0.2) is 0 Å². The molecule has 1 saturated carbocycles. The SMILES string of the molecule is Cc1oc(C)c(C(=O)NC2CCCC2N)c1C. The molecule has 2 rings (SSSR count). The van der Waals surface area contributed by atoms with Crippen molar-refractivity contribution < 1.29 is 9.21 Å². The van der Waals surface area contributed by atoms with Crippen molar-refractivity contribution in [2.75, 3.05) is 0 Å². The largest absolute Gasteiger partial charge is 0.466 e. The quantitative estimate of drug-likeness (QED) is 0.823. The van der Waals surface area contributed by atoms with E-state index in [9.17, 15) is 4.79 Å². The molecule has 1 amide bonds. The Morgan fingerprint density at radius 2 is 2.00 bits per heavy atom. The molecule has 0 bridgehead atoms. The summed E-state index contributed by atoms with van der Waals surface area (Å²) in [5.41, 5.74) is 7.54. The Labute approximate surface area is 102 Å². The van der Waals surface area contributed by atoms with E-state index in [0.717, 1.165) is 30.6 Å². The van der Waals surface area contributed by atoms with Gasteiger partial charge in [0.1, 0.15) is 11.5 Å². The van der Waals surface area contributed by atoms with Crippen LogP contribution in [0.2, 0.25) is 0 Å². The van der Waals surface area contributed by atoms with Crippen molar-refractivity contribution in [3.63, 3.8) is 0 Å². The van der Waals surface area contributed by atoms with Crippen LogP contribution in [0.5, 0.6) is 0 Å². The second-order valence-corrected chi connectivity index (χ2v) is 4.89. The Morgan fingerprint density at radius 1 is 1.29 bits per heavy atom. The summed E-state index contributed by atoms with van der Waals surface area (Å²) in [7, 11) is 0. The van der Waals surface area contributed by atoms with E-state index < -0.39 is 0 Å². The lowest BCUT2D eigenvalue weighted by atomic mass is 10.1. The van der Waals surface area contributed by atoms with Crippen LogP contribution in [0.15, 0.2) is 4.42 Å². The average molecular weight is 236 g/mol. The number of hydrogen-bond acceptors (Lipinski definition) is 3. The van der Waals surface area contributed by atoms with Crippen molar-refractivity contribution >= 4 is 5.91 Å². The van der Waals surface area contributed by atoms with Gasteiger partial charge in [0.25, 0.3) is 5.91 Å². The van der Waals surface area contributed by atoms with Crippen molar-refractivity contribution in [3.8, 4) is 0 Å². The Hall–Kier alpha value is -1.29. The highest BCUT2D eigenvalue weighted by molar-refractivity contribution is 5.97. The normalized spacial score (nSPS) is 24.0. The van der Waals surface area contributed by atoms with Crippen LogP contribution in [0.3, 0.4) is 0 Å². The van der Waals surface area contributed by atoms with E-state index in [1.807, 2.05) is 20.8 Å². The summed E-state index contributed by atoms with van der Waals surface area (Å²) in [6.45, 7) is 5.61. The molecule has 3 N–H and O–H groups in total. The van der Waals surface area contributed by atoms with E-state index in [-0.39, 0.29) is 18.0 Å². The van der Waals surface area contributed by atoms with Gasteiger partial charge in [0, 0.05) is 17.6 Å². The number of carbonyl (C=O) groups is 1. The Morgan fingerprint density at radius 3 is 2.47 bits per heavy atom. The molecule has 0 aromatic carbocycles. The third-order valence-corrected chi connectivity index (χ3v) is 3.67. The van der Waals surface area contributed by atoms with E-state index in [4.69, 9.17) is 10.2 Å². The molecule has 0 saturated heterocycles. The maximum Gasteiger partial charge on any atom is 0.255 e. The number of rotatable bonds is 2. The summed E-state index contributed by atoms with van der Waals surface area (Å²) >= 11 is 0. The van der Waals surface area contributed by atoms with Gasteiger partial charge in [-0.1, -0.05) is 0 Å². The molecule has 4 nitrogen and oxygen atoms in total. The predicted molar refractivity (Wildman–Crippen MR) is 66.0 cm³/mol. The molecule has 2 unspecified atom stereocenters. The van der Waals surface area contributed by atoms with E-state index in [1.54, 1.807) is 0 Å². The van der Waals surface area contributed by atoms with Gasteiger partial charge in [-0.15, -0.1) is 0 Å². The fraction of sp³-hybridized carbons (Fsp3) is 0.615. The second kappa shape index (κ2) is 4.53. The van der Waals surface area contributed by atoms with Crippen molar-refractivity contribution in [2.24, 2.45) is 5.73 Å². The first-order chi connectivity index (χ1) is 8.00. The van der Waals surface area contributed by atoms with Gasteiger partial charge in [0.05, 0.1) is 5.56 Å². The number of carbonyl (C=O) groups excluding carboxylic acids is 1. The third-order valence-electron chi connectivity index (χ3n) is 3.67. The first-order valence-electron chi connectivity index (χ1n) is 6.13. The molecule has 1 fully saturated rings. The monoisotopic (exact) mass is 236 g/mol.